The molecule has 0 saturated carbocycles. The number of hydrogen-bond donors (Lipinski definition) is 0. The maximum absolute atomic E-state index is 11.9. The van der Waals surface area contributed by atoms with Gasteiger partial charge in [-0.05, 0) is 49.8 Å². The fourth-order valence-electron chi connectivity index (χ4n) is 3.35. The zero-order chi connectivity index (χ0) is 20.2. The van der Waals surface area contributed by atoms with Crippen molar-refractivity contribution < 1.29 is 23.9 Å². The highest BCUT2D eigenvalue weighted by Gasteiger charge is 2.40. The molecule has 5 nitrogen and oxygen atoms in total. The van der Waals surface area contributed by atoms with Gasteiger partial charge in [0.05, 0.1) is 6.61 Å². The van der Waals surface area contributed by atoms with Crippen molar-refractivity contribution >= 4 is 17.5 Å². The van der Waals surface area contributed by atoms with E-state index in [1.54, 1.807) is 0 Å². The van der Waals surface area contributed by atoms with Crippen molar-refractivity contribution in [1.29, 1.82) is 0 Å². The second-order valence-corrected chi connectivity index (χ2v) is 7.44. The molecule has 1 aromatic carbocycles. The minimum Gasteiger partial charge on any atom is -0.494 e. The van der Waals surface area contributed by atoms with Gasteiger partial charge < -0.3 is 9.47 Å². The molecule has 0 aromatic heterocycles. The average molecular weight is 389 g/mol. The van der Waals surface area contributed by atoms with Crippen LogP contribution in [0.5, 0.6) is 5.75 Å². The predicted octanol–water partition coefficient (Wildman–Crippen LogP) is 4.45. The first-order valence-corrected chi connectivity index (χ1v) is 10.6. The Morgan fingerprint density at radius 1 is 1.00 bits per heavy atom. The molecule has 1 fully saturated rings. The van der Waals surface area contributed by atoms with Gasteiger partial charge in [0, 0.05) is 6.42 Å². The van der Waals surface area contributed by atoms with E-state index in [1.165, 1.54) is 37.7 Å². The van der Waals surface area contributed by atoms with E-state index in [0.29, 0.717) is 13.0 Å². The monoisotopic (exact) mass is 388 g/mol. The Balaban J connectivity index is 1.54. The molecule has 1 saturated heterocycles. The summed E-state index contributed by atoms with van der Waals surface area (Å²) in [5.74, 6) is -1.74. The molecule has 1 aliphatic rings. The standard InChI is InChI=1S/C23H32O5/c1-2-3-4-5-7-10-18-12-14-19(15-13-18)27-16-9-6-8-11-20(24)22-21(25)17-28-23(22)26/h12-15,22H,2-11,16-17H2,1H3. The topological polar surface area (TPSA) is 69.7 Å². The predicted molar refractivity (Wildman–Crippen MR) is 107 cm³/mol. The summed E-state index contributed by atoms with van der Waals surface area (Å²) in [4.78, 5) is 34.7. The number of cyclic esters (lactones) is 1. The van der Waals surface area contributed by atoms with Gasteiger partial charge in [0.25, 0.3) is 0 Å². The fraction of sp³-hybridized carbons (Fsp3) is 0.609. The van der Waals surface area contributed by atoms with Crippen LogP contribution >= 0.6 is 0 Å². The van der Waals surface area contributed by atoms with Gasteiger partial charge in [-0.1, -0.05) is 44.7 Å². The lowest BCUT2D eigenvalue weighted by Crippen LogP contribution is -2.25. The SMILES string of the molecule is CCCCCCCc1ccc(OCCCCCC(=O)C2C(=O)COC2=O)cc1. The van der Waals surface area contributed by atoms with Crippen LogP contribution in [0.15, 0.2) is 24.3 Å². The number of rotatable bonds is 14. The second-order valence-electron chi connectivity index (χ2n) is 7.44. The Hall–Kier alpha value is -2.17. The van der Waals surface area contributed by atoms with E-state index < -0.39 is 17.7 Å². The molecular formula is C23H32O5. The fourth-order valence-corrected chi connectivity index (χ4v) is 3.35. The van der Waals surface area contributed by atoms with E-state index in [0.717, 1.165) is 25.0 Å². The molecule has 1 aromatic rings. The lowest BCUT2D eigenvalue weighted by atomic mass is 9.97. The molecule has 1 aliphatic heterocycles. The summed E-state index contributed by atoms with van der Waals surface area (Å²) in [5, 5.41) is 0. The van der Waals surface area contributed by atoms with Crippen LogP contribution < -0.4 is 4.74 Å². The largest absolute Gasteiger partial charge is 0.494 e. The molecule has 0 spiro atoms. The summed E-state index contributed by atoms with van der Waals surface area (Å²) < 4.78 is 10.4. The summed E-state index contributed by atoms with van der Waals surface area (Å²) in [5.41, 5.74) is 1.35. The van der Waals surface area contributed by atoms with Crippen LogP contribution in [0.4, 0.5) is 0 Å². The van der Waals surface area contributed by atoms with Crippen molar-refractivity contribution in [1.82, 2.24) is 0 Å². The van der Waals surface area contributed by atoms with E-state index in [-0.39, 0.29) is 18.8 Å². The summed E-state index contributed by atoms with van der Waals surface area (Å²) in [7, 11) is 0. The molecule has 28 heavy (non-hydrogen) atoms. The number of benzene rings is 1. The van der Waals surface area contributed by atoms with Gasteiger partial charge >= 0.3 is 5.97 Å². The average Bonchev–Trinajstić information content (AvgIpc) is 3.03. The molecule has 1 heterocycles. The maximum atomic E-state index is 11.9. The lowest BCUT2D eigenvalue weighted by molar-refractivity contribution is -0.144. The van der Waals surface area contributed by atoms with Gasteiger partial charge in [0.2, 0.25) is 0 Å². The second kappa shape index (κ2) is 12.3. The van der Waals surface area contributed by atoms with E-state index in [9.17, 15) is 14.4 Å². The maximum Gasteiger partial charge on any atom is 0.324 e. The Kier molecular flexibility index (Phi) is 9.73. The lowest BCUT2D eigenvalue weighted by Gasteiger charge is -2.08. The third-order valence-electron chi connectivity index (χ3n) is 5.06. The van der Waals surface area contributed by atoms with Crippen LogP contribution in [0.3, 0.4) is 0 Å². The number of ether oxygens (including phenoxy) is 2. The van der Waals surface area contributed by atoms with Gasteiger partial charge in [-0.25, -0.2) is 0 Å². The Bertz CT molecular complexity index is 619. The highest BCUT2D eigenvalue weighted by atomic mass is 16.5. The molecule has 0 amide bonds. The Morgan fingerprint density at radius 2 is 1.71 bits per heavy atom. The van der Waals surface area contributed by atoms with E-state index in [1.807, 2.05) is 12.1 Å². The molecule has 154 valence electrons. The molecule has 5 heteroatoms. The zero-order valence-electron chi connectivity index (χ0n) is 16.9. The zero-order valence-corrected chi connectivity index (χ0v) is 16.9. The third kappa shape index (κ3) is 7.45. The van der Waals surface area contributed by atoms with Crippen LogP contribution in [-0.4, -0.2) is 30.7 Å². The van der Waals surface area contributed by atoms with Crippen LogP contribution in [0.2, 0.25) is 0 Å². The van der Waals surface area contributed by atoms with Crippen molar-refractivity contribution in [3.8, 4) is 5.75 Å². The van der Waals surface area contributed by atoms with Gasteiger partial charge in [-0.2, -0.15) is 0 Å². The van der Waals surface area contributed by atoms with Crippen molar-refractivity contribution in [2.75, 3.05) is 13.2 Å². The van der Waals surface area contributed by atoms with Crippen molar-refractivity contribution in [3.05, 3.63) is 29.8 Å². The van der Waals surface area contributed by atoms with E-state index in [4.69, 9.17) is 4.74 Å². The molecule has 1 atom stereocenters. The molecule has 2 rings (SSSR count). The van der Waals surface area contributed by atoms with Crippen molar-refractivity contribution in [2.24, 2.45) is 5.92 Å². The Labute approximate surface area is 167 Å². The minimum atomic E-state index is -1.18. The number of aryl methyl sites for hydroxylation is 1. The number of unbranched alkanes of at least 4 members (excludes halogenated alkanes) is 6. The van der Waals surface area contributed by atoms with Gasteiger partial charge in [-0.15, -0.1) is 0 Å². The van der Waals surface area contributed by atoms with Gasteiger partial charge in [0.15, 0.2) is 24.1 Å². The van der Waals surface area contributed by atoms with Gasteiger partial charge in [-0.3, -0.25) is 14.4 Å². The number of esters is 1. The number of ketones is 2. The summed E-state index contributed by atoms with van der Waals surface area (Å²) in [6.07, 6.45) is 10.1. The van der Waals surface area contributed by atoms with Crippen LogP contribution in [0.1, 0.15) is 70.3 Å². The molecule has 0 bridgehead atoms. The highest BCUT2D eigenvalue weighted by Crippen LogP contribution is 2.17. The number of hydrogen-bond acceptors (Lipinski definition) is 5. The highest BCUT2D eigenvalue weighted by molar-refractivity contribution is 6.20. The number of Topliss-reactive ketones (excluding diaryl/α,β-unsaturated/α-hetero) is 2. The summed E-state index contributed by atoms with van der Waals surface area (Å²) in [6.45, 7) is 2.56. The molecular weight excluding hydrogens is 356 g/mol. The van der Waals surface area contributed by atoms with E-state index >= 15 is 0 Å². The molecule has 0 N–H and O–H groups in total. The van der Waals surface area contributed by atoms with E-state index in [2.05, 4.69) is 23.8 Å². The van der Waals surface area contributed by atoms with Gasteiger partial charge in [0.1, 0.15) is 5.75 Å². The van der Waals surface area contributed by atoms with Crippen LogP contribution in [-0.2, 0) is 25.5 Å². The quantitative estimate of drug-likeness (QED) is 0.267. The Morgan fingerprint density at radius 3 is 2.39 bits per heavy atom. The van der Waals surface area contributed by atoms with Crippen LogP contribution in [0, 0.1) is 5.92 Å². The smallest absolute Gasteiger partial charge is 0.324 e. The van der Waals surface area contributed by atoms with Crippen molar-refractivity contribution in [2.45, 2.75) is 71.1 Å². The summed E-state index contributed by atoms with van der Waals surface area (Å²) in [6, 6.07) is 8.29. The first kappa shape index (κ1) is 22.1. The molecule has 0 aliphatic carbocycles. The number of carbonyl (C=O) groups is 3. The number of carbonyl (C=O) groups excluding carboxylic acids is 3. The van der Waals surface area contributed by atoms with Crippen molar-refractivity contribution in [3.63, 3.8) is 0 Å². The first-order chi connectivity index (χ1) is 13.6. The normalized spacial score (nSPS) is 16.2. The first-order valence-electron chi connectivity index (χ1n) is 10.6. The molecule has 1 unspecified atom stereocenters. The summed E-state index contributed by atoms with van der Waals surface area (Å²) >= 11 is 0. The molecule has 0 radical (unpaired) electrons. The minimum absolute atomic E-state index is 0.235. The third-order valence-corrected chi connectivity index (χ3v) is 5.06. The van der Waals surface area contributed by atoms with Crippen LogP contribution in [0.25, 0.3) is 0 Å².